The maximum Gasteiger partial charge on any atom is 0.265 e. The Balaban J connectivity index is 1.48. The Hall–Kier alpha value is -2.73. The van der Waals surface area contributed by atoms with Crippen LogP contribution in [0.25, 0.3) is 0 Å². The molecule has 5 nitrogen and oxygen atoms in total. The highest BCUT2D eigenvalue weighted by molar-refractivity contribution is 8.04. The lowest BCUT2D eigenvalue weighted by Gasteiger charge is -2.17. The van der Waals surface area contributed by atoms with E-state index in [-0.39, 0.29) is 17.7 Å². The van der Waals surface area contributed by atoms with Crippen LogP contribution in [0.15, 0.2) is 65.3 Å². The Labute approximate surface area is 175 Å². The standard InChI is InChI=1S/C23H26N2O3S/c1-16(19-6-4-3-5-7-19)15-24-21(26)14-18-8-10-20(11-9-18)25-23(27)22-17(2)28-12-13-29-22/h3-11,16H,12-15H2,1-2H3,(H,24,26)(H,25,27). The van der Waals surface area contributed by atoms with E-state index in [9.17, 15) is 9.59 Å². The first-order valence-electron chi connectivity index (χ1n) is 9.71. The lowest BCUT2D eigenvalue weighted by atomic mass is 10.0. The molecule has 0 saturated carbocycles. The first-order valence-corrected chi connectivity index (χ1v) is 10.7. The second kappa shape index (κ2) is 10.2. The molecule has 2 aromatic carbocycles. The molecule has 0 bridgehead atoms. The van der Waals surface area contributed by atoms with E-state index in [1.165, 1.54) is 17.3 Å². The zero-order chi connectivity index (χ0) is 20.6. The van der Waals surface area contributed by atoms with Crippen LogP contribution in [0.4, 0.5) is 5.69 Å². The van der Waals surface area contributed by atoms with Crippen molar-refractivity contribution in [3.63, 3.8) is 0 Å². The molecule has 1 heterocycles. The Morgan fingerprint density at radius 3 is 2.52 bits per heavy atom. The van der Waals surface area contributed by atoms with Gasteiger partial charge in [0.1, 0.15) is 10.7 Å². The van der Waals surface area contributed by atoms with Gasteiger partial charge in [-0.25, -0.2) is 0 Å². The molecular weight excluding hydrogens is 384 g/mol. The predicted molar refractivity (Wildman–Crippen MR) is 118 cm³/mol. The number of anilines is 1. The minimum Gasteiger partial charge on any atom is -0.496 e. The van der Waals surface area contributed by atoms with E-state index in [4.69, 9.17) is 4.74 Å². The van der Waals surface area contributed by atoms with E-state index in [1.807, 2.05) is 42.5 Å². The third-order valence-corrected chi connectivity index (χ3v) is 5.86. The van der Waals surface area contributed by atoms with Gasteiger partial charge < -0.3 is 15.4 Å². The molecule has 0 spiro atoms. The first-order chi connectivity index (χ1) is 14.0. The number of hydrogen-bond donors (Lipinski definition) is 2. The van der Waals surface area contributed by atoms with E-state index >= 15 is 0 Å². The molecule has 2 aromatic rings. The molecule has 1 aliphatic heterocycles. The van der Waals surface area contributed by atoms with Crippen LogP contribution in [0.2, 0.25) is 0 Å². The van der Waals surface area contributed by atoms with Gasteiger partial charge in [-0.2, -0.15) is 0 Å². The van der Waals surface area contributed by atoms with Gasteiger partial charge in [0.15, 0.2) is 0 Å². The Bertz CT molecular complexity index is 879. The number of allylic oxidation sites excluding steroid dienone is 1. The van der Waals surface area contributed by atoms with E-state index in [2.05, 4.69) is 29.7 Å². The van der Waals surface area contributed by atoms with Crippen molar-refractivity contribution in [3.05, 3.63) is 76.4 Å². The number of hydrogen-bond acceptors (Lipinski definition) is 4. The normalized spacial score (nSPS) is 14.7. The number of amides is 2. The van der Waals surface area contributed by atoms with E-state index in [1.54, 1.807) is 6.92 Å². The number of carbonyl (C=O) groups is 2. The fraction of sp³-hybridized carbons (Fsp3) is 0.304. The molecule has 2 amide bonds. The molecule has 6 heteroatoms. The van der Waals surface area contributed by atoms with Crippen molar-refractivity contribution in [2.75, 3.05) is 24.2 Å². The van der Waals surface area contributed by atoms with Crippen LogP contribution in [-0.2, 0) is 20.7 Å². The molecule has 29 heavy (non-hydrogen) atoms. The summed E-state index contributed by atoms with van der Waals surface area (Å²) in [7, 11) is 0. The van der Waals surface area contributed by atoms with Gasteiger partial charge in [0.2, 0.25) is 5.91 Å². The minimum atomic E-state index is -0.160. The van der Waals surface area contributed by atoms with Crippen LogP contribution in [-0.4, -0.2) is 30.7 Å². The maximum atomic E-state index is 12.4. The molecule has 1 atom stereocenters. The van der Waals surface area contributed by atoms with Crippen molar-refractivity contribution in [3.8, 4) is 0 Å². The Kier molecular flexibility index (Phi) is 7.36. The van der Waals surface area contributed by atoms with E-state index < -0.39 is 0 Å². The summed E-state index contributed by atoms with van der Waals surface area (Å²) in [6.07, 6.45) is 0.309. The van der Waals surface area contributed by atoms with Crippen molar-refractivity contribution >= 4 is 29.3 Å². The lowest BCUT2D eigenvalue weighted by Crippen LogP contribution is -2.28. The van der Waals surface area contributed by atoms with Gasteiger partial charge >= 0.3 is 0 Å². The smallest absolute Gasteiger partial charge is 0.265 e. The van der Waals surface area contributed by atoms with Crippen molar-refractivity contribution in [1.82, 2.24) is 5.32 Å². The summed E-state index contributed by atoms with van der Waals surface area (Å²) in [6.45, 7) is 5.14. The summed E-state index contributed by atoms with van der Waals surface area (Å²) in [5, 5.41) is 5.88. The summed E-state index contributed by atoms with van der Waals surface area (Å²) < 4.78 is 5.43. The third-order valence-electron chi connectivity index (χ3n) is 4.72. The number of rotatable bonds is 7. The molecule has 1 unspecified atom stereocenters. The fourth-order valence-corrected chi connectivity index (χ4v) is 3.85. The van der Waals surface area contributed by atoms with Crippen molar-refractivity contribution in [2.24, 2.45) is 0 Å². The van der Waals surface area contributed by atoms with Crippen molar-refractivity contribution < 1.29 is 14.3 Å². The van der Waals surface area contributed by atoms with Crippen LogP contribution < -0.4 is 10.6 Å². The molecule has 0 aliphatic carbocycles. The van der Waals surface area contributed by atoms with Crippen molar-refractivity contribution in [2.45, 2.75) is 26.2 Å². The molecule has 0 radical (unpaired) electrons. The maximum absolute atomic E-state index is 12.4. The molecule has 0 fully saturated rings. The number of ether oxygens (including phenoxy) is 1. The van der Waals surface area contributed by atoms with E-state index in [0.717, 1.165) is 11.3 Å². The van der Waals surface area contributed by atoms with Gasteiger partial charge in [0.25, 0.3) is 5.91 Å². The van der Waals surface area contributed by atoms with Crippen LogP contribution in [0.5, 0.6) is 0 Å². The van der Waals surface area contributed by atoms with Crippen LogP contribution in [0, 0.1) is 0 Å². The second-order valence-electron chi connectivity index (χ2n) is 7.03. The van der Waals surface area contributed by atoms with Crippen LogP contribution in [0.1, 0.15) is 30.9 Å². The lowest BCUT2D eigenvalue weighted by molar-refractivity contribution is -0.120. The highest BCUT2D eigenvalue weighted by Crippen LogP contribution is 2.26. The second-order valence-corrected chi connectivity index (χ2v) is 8.13. The molecule has 152 valence electrons. The SMILES string of the molecule is CC1=C(C(=O)Nc2ccc(CC(=O)NCC(C)c3ccccc3)cc2)SCCO1. The van der Waals surface area contributed by atoms with Gasteiger partial charge in [-0.1, -0.05) is 49.4 Å². The first kappa shape index (κ1) is 21.0. The van der Waals surface area contributed by atoms with Gasteiger partial charge in [-0.3, -0.25) is 9.59 Å². The Morgan fingerprint density at radius 1 is 1.10 bits per heavy atom. The highest BCUT2D eigenvalue weighted by Gasteiger charge is 2.18. The monoisotopic (exact) mass is 410 g/mol. The Morgan fingerprint density at radius 2 is 1.83 bits per heavy atom. The topological polar surface area (TPSA) is 67.4 Å². The quantitative estimate of drug-likeness (QED) is 0.722. The summed E-state index contributed by atoms with van der Waals surface area (Å²) in [5.74, 6) is 1.53. The summed E-state index contributed by atoms with van der Waals surface area (Å²) >= 11 is 1.51. The number of thioether (sulfide) groups is 1. The summed E-state index contributed by atoms with van der Waals surface area (Å²) in [4.78, 5) is 25.2. The van der Waals surface area contributed by atoms with Gasteiger partial charge in [0.05, 0.1) is 13.0 Å². The third kappa shape index (κ3) is 6.12. The van der Waals surface area contributed by atoms with Gasteiger partial charge in [-0.15, -0.1) is 11.8 Å². The summed E-state index contributed by atoms with van der Waals surface area (Å²) in [5.41, 5.74) is 2.81. The largest absolute Gasteiger partial charge is 0.496 e. The number of benzene rings is 2. The minimum absolute atomic E-state index is 0.0129. The van der Waals surface area contributed by atoms with Crippen LogP contribution in [0.3, 0.4) is 0 Å². The van der Waals surface area contributed by atoms with E-state index in [0.29, 0.717) is 35.9 Å². The molecule has 0 aromatic heterocycles. The fourth-order valence-electron chi connectivity index (χ4n) is 3.04. The predicted octanol–water partition coefficient (Wildman–Crippen LogP) is 4.08. The molecule has 2 N–H and O–H groups in total. The highest BCUT2D eigenvalue weighted by atomic mass is 32.2. The van der Waals surface area contributed by atoms with Gasteiger partial charge in [-0.05, 0) is 36.1 Å². The number of carbonyl (C=O) groups excluding carboxylic acids is 2. The molecule has 1 aliphatic rings. The zero-order valence-corrected chi connectivity index (χ0v) is 17.6. The molecular formula is C23H26N2O3S. The average Bonchev–Trinajstić information content (AvgIpc) is 2.74. The molecule has 0 saturated heterocycles. The van der Waals surface area contributed by atoms with Crippen LogP contribution >= 0.6 is 11.8 Å². The van der Waals surface area contributed by atoms with Crippen molar-refractivity contribution in [1.29, 1.82) is 0 Å². The molecule has 3 rings (SSSR count). The zero-order valence-electron chi connectivity index (χ0n) is 16.7. The van der Waals surface area contributed by atoms with Gasteiger partial charge in [0, 0.05) is 18.0 Å². The average molecular weight is 411 g/mol. The number of nitrogens with one attached hydrogen (secondary N) is 2. The summed E-state index contributed by atoms with van der Waals surface area (Å²) in [6, 6.07) is 17.5.